The molecule has 0 aliphatic carbocycles. The van der Waals surface area contributed by atoms with E-state index in [2.05, 4.69) is 26.3 Å². The number of rotatable bonds is 4. The van der Waals surface area contributed by atoms with Crippen molar-refractivity contribution in [2.45, 2.75) is 11.0 Å². The summed E-state index contributed by atoms with van der Waals surface area (Å²) in [6.45, 7) is 4.21. The Labute approximate surface area is 145 Å². The van der Waals surface area contributed by atoms with Crippen molar-refractivity contribution in [3.63, 3.8) is 0 Å². The Kier molecular flexibility index (Phi) is 4.71. The van der Waals surface area contributed by atoms with Gasteiger partial charge in [0, 0.05) is 49.2 Å². The fraction of sp³-hybridized carbons (Fsp3) is 0.412. The number of aromatic nitrogens is 2. The van der Waals surface area contributed by atoms with E-state index < -0.39 is 0 Å². The molecule has 2 aliphatic rings. The Bertz CT molecular complexity index is 694. The first-order chi connectivity index (χ1) is 11.9. The molecule has 1 aromatic heterocycles. The Morgan fingerprint density at radius 1 is 1.21 bits per heavy atom. The van der Waals surface area contributed by atoms with Crippen LogP contribution in [0, 0.1) is 0 Å². The molecule has 1 unspecified atom stereocenters. The second-order valence-corrected chi connectivity index (χ2v) is 6.79. The smallest absolute Gasteiger partial charge is 0.257 e. The van der Waals surface area contributed by atoms with Gasteiger partial charge in [-0.25, -0.2) is 9.97 Å². The lowest BCUT2D eigenvalue weighted by molar-refractivity contribution is 0.137. The van der Waals surface area contributed by atoms with Crippen molar-refractivity contribution >= 4 is 17.6 Å². The van der Waals surface area contributed by atoms with E-state index in [1.54, 1.807) is 24.2 Å². The molecule has 2 aromatic rings. The fourth-order valence-electron chi connectivity index (χ4n) is 2.83. The van der Waals surface area contributed by atoms with E-state index in [4.69, 9.17) is 9.47 Å². The molecule has 0 amide bonds. The first-order valence-corrected chi connectivity index (χ1v) is 9.16. The van der Waals surface area contributed by atoms with Crippen LogP contribution in [0.4, 0.5) is 5.82 Å². The summed E-state index contributed by atoms with van der Waals surface area (Å²) in [5, 5.41) is 3.34. The number of fused-ring (bicyclic) bond motifs is 1. The third-order valence-corrected chi connectivity index (χ3v) is 5.22. The molecule has 4 rings (SSSR count). The van der Waals surface area contributed by atoms with Crippen molar-refractivity contribution in [3.8, 4) is 11.6 Å². The van der Waals surface area contributed by atoms with Crippen LogP contribution in [-0.4, -0.2) is 54.6 Å². The number of para-hydroxylation sites is 1. The van der Waals surface area contributed by atoms with Crippen LogP contribution in [0.15, 0.2) is 41.6 Å². The van der Waals surface area contributed by atoms with Gasteiger partial charge in [0.05, 0.1) is 0 Å². The Morgan fingerprint density at radius 2 is 2.04 bits per heavy atom. The summed E-state index contributed by atoms with van der Waals surface area (Å²) in [6, 6.07) is 8.12. The summed E-state index contributed by atoms with van der Waals surface area (Å²) in [5.74, 6) is 3.22. The van der Waals surface area contributed by atoms with E-state index in [9.17, 15) is 0 Å². The molecule has 0 radical (unpaired) electrons. The van der Waals surface area contributed by atoms with Crippen LogP contribution in [0.5, 0.6) is 11.6 Å². The van der Waals surface area contributed by atoms with E-state index in [0.29, 0.717) is 12.5 Å². The molecule has 3 heterocycles. The lowest BCUT2D eigenvalue weighted by Gasteiger charge is -2.29. The molecular formula is C17H20N4O2S. The van der Waals surface area contributed by atoms with Gasteiger partial charge in [-0.2, -0.15) is 0 Å². The van der Waals surface area contributed by atoms with Crippen molar-refractivity contribution < 1.29 is 9.47 Å². The second kappa shape index (κ2) is 7.27. The van der Waals surface area contributed by atoms with Crippen LogP contribution < -0.4 is 19.7 Å². The van der Waals surface area contributed by atoms with Crippen LogP contribution in [0.1, 0.15) is 0 Å². The molecule has 1 aromatic carbocycles. The highest BCUT2D eigenvalue weighted by molar-refractivity contribution is 7.99. The van der Waals surface area contributed by atoms with Crippen molar-refractivity contribution in [1.29, 1.82) is 0 Å². The van der Waals surface area contributed by atoms with Gasteiger partial charge >= 0.3 is 0 Å². The Balaban J connectivity index is 1.41. The minimum atomic E-state index is 0.0165. The highest BCUT2D eigenvalue weighted by Gasteiger charge is 2.23. The Morgan fingerprint density at radius 3 is 2.96 bits per heavy atom. The van der Waals surface area contributed by atoms with Crippen LogP contribution in [-0.2, 0) is 0 Å². The monoisotopic (exact) mass is 344 g/mol. The van der Waals surface area contributed by atoms with Crippen molar-refractivity contribution in [2.75, 3.05) is 43.4 Å². The van der Waals surface area contributed by atoms with Gasteiger partial charge in [0.2, 0.25) is 0 Å². The zero-order valence-corrected chi connectivity index (χ0v) is 14.2. The third kappa shape index (κ3) is 3.42. The van der Waals surface area contributed by atoms with Gasteiger partial charge in [0.25, 0.3) is 5.88 Å². The zero-order valence-electron chi connectivity index (χ0n) is 13.4. The molecule has 1 N–H and O–H groups in total. The van der Waals surface area contributed by atoms with Crippen LogP contribution >= 0.6 is 11.8 Å². The maximum atomic E-state index is 6.02. The standard InChI is InChI=1S/C17H20N4O2S/c1-2-4-15-14(3-1)23-13(12-24-15)11-22-17-16(19-5-6-20-17)21-9-7-18-8-10-21/h1-6,13,18H,7-12H2. The van der Waals surface area contributed by atoms with Gasteiger partial charge in [-0.15, -0.1) is 11.8 Å². The minimum absolute atomic E-state index is 0.0165. The first-order valence-electron chi connectivity index (χ1n) is 8.18. The van der Waals surface area contributed by atoms with E-state index in [1.807, 2.05) is 18.2 Å². The fourth-order valence-corrected chi connectivity index (χ4v) is 3.79. The molecule has 0 saturated carbocycles. The maximum Gasteiger partial charge on any atom is 0.257 e. The topological polar surface area (TPSA) is 59.5 Å². The van der Waals surface area contributed by atoms with Crippen molar-refractivity contribution in [2.24, 2.45) is 0 Å². The second-order valence-electron chi connectivity index (χ2n) is 5.73. The van der Waals surface area contributed by atoms with E-state index in [-0.39, 0.29) is 6.10 Å². The molecular weight excluding hydrogens is 324 g/mol. The number of anilines is 1. The molecule has 126 valence electrons. The third-order valence-electron chi connectivity index (χ3n) is 4.04. The van der Waals surface area contributed by atoms with E-state index in [0.717, 1.165) is 43.5 Å². The Hall–Kier alpha value is -1.99. The number of piperazine rings is 1. The number of nitrogens with zero attached hydrogens (tertiary/aromatic N) is 3. The summed E-state index contributed by atoms with van der Waals surface area (Å²) in [5.41, 5.74) is 0. The van der Waals surface area contributed by atoms with Gasteiger partial charge in [-0.3, -0.25) is 0 Å². The van der Waals surface area contributed by atoms with Gasteiger partial charge in [-0.1, -0.05) is 12.1 Å². The van der Waals surface area contributed by atoms with Gasteiger partial charge in [0.15, 0.2) is 5.82 Å². The molecule has 7 heteroatoms. The average molecular weight is 344 g/mol. The maximum absolute atomic E-state index is 6.02. The van der Waals surface area contributed by atoms with Crippen LogP contribution in [0.3, 0.4) is 0 Å². The lowest BCUT2D eigenvalue weighted by atomic mass is 10.3. The summed E-state index contributed by atoms with van der Waals surface area (Å²) in [7, 11) is 0. The molecule has 24 heavy (non-hydrogen) atoms. The minimum Gasteiger partial charge on any atom is -0.485 e. The summed E-state index contributed by atoms with van der Waals surface area (Å²) in [4.78, 5) is 12.2. The molecule has 0 spiro atoms. The van der Waals surface area contributed by atoms with Gasteiger partial charge in [0.1, 0.15) is 18.5 Å². The van der Waals surface area contributed by atoms with Crippen LogP contribution in [0.2, 0.25) is 0 Å². The lowest BCUT2D eigenvalue weighted by Crippen LogP contribution is -2.44. The van der Waals surface area contributed by atoms with E-state index >= 15 is 0 Å². The zero-order chi connectivity index (χ0) is 16.2. The predicted molar refractivity (Wildman–Crippen MR) is 94.2 cm³/mol. The van der Waals surface area contributed by atoms with Gasteiger partial charge < -0.3 is 19.7 Å². The molecule has 1 fully saturated rings. The quantitative estimate of drug-likeness (QED) is 0.908. The number of hydrogen-bond acceptors (Lipinski definition) is 7. The normalized spacial score (nSPS) is 20.2. The molecule has 1 saturated heterocycles. The first kappa shape index (κ1) is 15.5. The number of nitrogens with one attached hydrogen (secondary N) is 1. The molecule has 0 bridgehead atoms. The van der Waals surface area contributed by atoms with E-state index in [1.165, 1.54) is 4.90 Å². The molecule has 6 nitrogen and oxygen atoms in total. The number of ether oxygens (including phenoxy) is 2. The molecule has 1 atom stereocenters. The predicted octanol–water partition coefficient (Wildman–Crippen LogP) is 1.82. The summed E-state index contributed by atoms with van der Waals surface area (Å²) in [6.07, 6.45) is 3.41. The van der Waals surface area contributed by atoms with Crippen LogP contribution in [0.25, 0.3) is 0 Å². The number of hydrogen-bond donors (Lipinski definition) is 1. The van der Waals surface area contributed by atoms with Crippen molar-refractivity contribution in [3.05, 3.63) is 36.7 Å². The average Bonchev–Trinajstić information content (AvgIpc) is 2.67. The van der Waals surface area contributed by atoms with Crippen molar-refractivity contribution in [1.82, 2.24) is 15.3 Å². The summed E-state index contributed by atoms with van der Waals surface area (Å²) < 4.78 is 12.0. The van der Waals surface area contributed by atoms with Gasteiger partial charge in [-0.05, 0) is 12.1 Å². The largest absolute Gasteiger partial charge is 0.485 e. The SMILES string of the molecule is c1ccc2c(c1)OC(COc1nccnc1N1CCNCC1)CS2. The highest BCUT2D eigenvalue weighted by atomic mass is 32.2. The number of thioether (sulfide) groups is 1. The highest BCUT2D eigenvalue weighted by Crippen LogP contribution is 2.35. The number of benzene rings is 1. The molecule has 2 aliphatic heterocycles. The summed E-state index contributed by atoms with van der Waals surface area (Å²) >= 11 is 1.80.